The van der Waals surface area contributed by atoms with Crippen LogP contribution in [0.1, 0.15) is 111 Å². The van der Waals surface area contributed by atoms with Crippen LogP contribution in [0.25, 0.3) is 0 Å². The molecule has 0 spiro atoms. The van der Waals surface area contributed by atoms with Gasteiger partial charge in [0.05, 0.1) is 0 Å². The minimum Gasteiger partial charge on any atom is -0.450 e. The molecule has 0 amide bonds. The van der Waals surface area contributed by atoms with E-state index in [0.29, 0.717) is 0 Å². The summed E-state index contributed by atoms with van der Waals surface area (Å²) >= 11 is 0. The Balaban J connectivity index is -0.000000656. The molecule has 0 bridgehead atoms. The van der Waals surface area contributed by atoms with Gasteiger partial charge >= 0.3 is 12.3 Å². The first kappa shape index (κ1) is 31.0. The topological polar surface area (TPSA) is 115 Å². The summed E-state index contributed by atoms with van der Waals surface area (Å²) in [6, 6.07) is 0. The van der Waals surface area contributed by atoms with Gasteiger partial charge in [-0.2, -0.15) is 0 Å². The Labute approximate surface area is 171 Å². The maximum absolute atomic E-state index is 8.56. The Morgan fingerprint density at radius 3 is 1.29 bits per heavy atom. The van der Waals surface area contributed by atoms with Crippen LogP contribution in [0.4, 0.5) is 9.59 Å². The Bertz CT molecular complexity index is 333. The first-order valence-corrected chi connectivity index (χ1v) is 10.7. The van der Waals surface area contributed by atoms with E-state index < -0.39 is 12.3 Å². The molecular weight excluding hydrogens is 360 g/mol. The largest absolute Gasteiger partial charge is 0.503 e. The molecule has 4 N–H and O–H groups in total. The zero-order chi connectivity index (χ0) is 22.0. The molecule has 0 aliphatic carbocycles. The Hall–Kier alpha value is -1.72. The summed E-state index contributed by atoms with van der Waals surface area (Å²) in [7, 11) is 0. The van der Waals surface area contributed by atoms with E-state index in [4.69, 9.17) is 30.0 Å². The van der Waals surface area contributed by atoms with Crippen LogP contribution in [0.2, 0.25) is 0 Å². The van der Waals surface area contributed by atoms with Crippen LogP contribution in [0, 0.1) is 5.92 Å². The van der Waals surface area contributed by atoms with E-state index in [1.54, 1.807) is 0 Å². The molecule has 28 heavy (non-hydrogen) atoms. The molecule has 0 saturated heterocycles. The number of carboxylic acid groups (broad SMARTS) is 4. The summed E-state index contributed by atoms with van der Waals surface area (Å²) in [6.45, 7) is 6.86. The number of rotatable bonds is 15. The molecule has 6 heteroatoms. The number of allylic oxidation sites excluding steroid dienone is 2. The fourth-order valence-corrected chi connectivity index (χ4v) is 2.59. The van der Waals surface area contributed by atoms with Crippen LogP contribution in [0.5, 0.6) is 0 Å². The number of hydrogen-bond acceptors (Lipinski definition) is 2. The highest BCUT2D eigenvalue weighted by molar-refractivity contribution is 5.53. The lowest BCUT2D eigenvalue weighted by Crippen LogP contribution is -1.83. The highest BCUT2D eigenvalue weighted by atomic mass is 16.6. The summed E-state index contributed by atoms with van der Waals surface area (Å²) in [5.74, 6) is 0.813. The van der Waals surface area contributed by atoms with Crippen molar-refractivity contribution in [2.45, 2.75) is 111 Å². The lowest BCUT2D eigenvalue weighted by molar-refractivity contribution is 0.135. The summed E-state index contributed by atoms with van der Waals surface area (Å²) in [5.41, 5.74) is 0. The molecule has 0 fully saturated rings. The SMILES string of the molecule is CCCCCCCCCCCCCCC=CCC(C)C.O=C(O)O.O=C(O)O. The molecule has 0 aromatic heterocycles. The van der Waals surface area contributed by atoms with E-state index in [1.807, 2.05) is 0 Å². The summed E-state index contributed by atoms with van der Waals surface area (Å²) in [6.07, 6.45) is 21.0. The van der Waals surface area contributed by atoms with E-state index in [1.165, 1.54) is 89.9 Å². The fourth-order valence-electron chi connectivity index (χ4n) is 2.59. The third-order valence-corrected chi connectivity index (χ3v) is 4.00. The lowest BCUT2D eigenvalue weighted by Gasteiger charge is -2.02. The van der Waals surface area contributed by atoms with Crippen molar-refractivity contribution in [2.75, 3.05) is 0 Å². The molecule has 168 valence electrons. The van der Waals surface area contributed by atoms with Crippen molar-refractivity contribution in [1.82, 2.24) is 0 Å². The van der Waals surface area contributed by atoms with Crippen molar-refractivity contribution in [3.05, 3.63) is 12.2 Å². The van der Waals surface area contributed by atoms with E-state index in [0.717, 1.165) is 5.92 Å². The molecular formula is C22H44O6. The van der Waals surface area contributed by atoms with Crippen LogP contribution in [0.3, 0.4) is 0 Å². The van der Waals surface area contributed by atoms with E-state index >= 15 is 0 Å². The molecule has 0 atom stereocenters. The van der Waals surface area contributed by atoms with E-state index in [9.17, 15) is 0 Å². The Kier molecular flexibility index (Phi) is 30.4. The van der Waals surface area contributed by atoms with Gasteiger partial charge in [0.1, 0.15) is 0 Å². The van der Waals surface area contributed by atoms with Crippen molar-refractivity contribution in [1.29, 1.82) is 0 Å². The number of carbonyl (C=O) groups is 2. The van der Waals surface area contributed by atoms with Gasteiger partial charge < -0.3 is 20.4 Å². The van der Waals surface area contributed by atoms with Gasteiger partial charge in [-0.05, 0) is 25.2 Å². The second-order valence-corrected chi connectivity index (χ2v) is 7.34. The molecule has 0 aromatic carbocycles. The number of hydrogen-bond donors (Lipinski definition) is 4. The van der Waals surface area contributed by atoms with Crippen molar-refractivity contribution < 1.29 is 30.0 Å². The van der Waals surface area contributed by atoms with Gasteiger partial charge in [-0.1, -0.05) is 104 Å². The van der Waals surface area contributed by atoms with Crippen LogP contribution < -0.4 is 0 Å². The van der Waals surface area contributed by atoms with Gasteiger partial charge in [-0.15, -0.1) is 0 Å². The van der Waals surface area contributed by atoms with E-state index in [-0.39, 0.29) is 0 Å². The highest BCUT2D eigenvalue weighted by Crippen LogP contribution is 2.12. The number of unbranched alkanes of at least 4 members (excludes halogenated alkanes) is 12. The minimum atomic E-state index is -1.83. The molecule has 0 aliphatic heterocycles. The van der Waals surface area contributed by atoms with Gasteiger partial charge in [-0.25, -0.2) is 9.59 Å². The van der Waals surface area contributed by atoms with Crippen molar-refractivity contribution in [3.8, 4) is 0 Å². The first-order valence-electron chi connectivity index (χ1n) is 10.7. The van der Waals surface area contributed by atoms with Crippen LogP contribution in [0.15, 0.2) is 12.2 Å². The molecule has 0 aliphatic rings. The average molecular weight is 405 g/mol. The van der Waals surface area contributed by atoms with Gasteiger partial charge in [0, 0.05) is 0 Å². The van der Waals surface area contributed by atoms with Crippen molar-refractivity contribution >= 4 is 12.3 Å². The summed E-state index contributed by atoms with van der Waals surface area (Å²) in [4.78, 5) is 17.1. The monoisotopic (exact) mass is 404 g/mol. The van der Waals surface area contributed by atoms with Gasteiger partial charge in [0.25, 0.3) is 0 Å². The van der Waals surface area contributed by atoms with E-state index in [2.05, 4.69) is 32.9 Å². The molecule has 0 aromatic rings. The van der Waals surface area contributed by atoms with Gasteiger partial charge in [-0.3, -0.25) is 0 Å². The standard InChI is InChI=1S/C20H40.2CH2O3/c1-4-5-6-7-8-9-10-11-12-13-14-15-16-17-18-19-20(2)3;2*2-1(3)4/h17-18,20H,4-16,19H2,1-3H3;2*(H2,2,3,4). The zero-order valence-electron chi connectivity index (χ0n) is 18.2. The summed E-state index contributed by atoms with van der Waals surface area (Å²) < 4.78 is 0. The normalized spacial score (nSPS) is 10.1. The predicted molar refractivity (Wildman–Crippen MR) is 116 cm³/mol. The molecule has 0 saturated carbocycles. The Morgan fingerprint density at radius 2 is 0.964 bits per heavy atom. The predicted octanol–water partition coefficient (Wildman–Crippen LogP) is 8.12. The molecule has 0 heterocycles. The summed E-state index contributed by atoms with van der Waals surface area (Å²) in [5, 5.41) is 27.9. The van der Waals surface area contributed by atoms with Gasteiger partial charge in [0.15, 0.2) is 0 Å². The zero-order valence-corrected chi connectivity index (χ0v) is 18.2. The molecule has 0 rings (SSSR count). The third kappa shape index (κ3) is 56.4. The third-order valence-electron chi connectivity index (χ3n) is 4.00. The van der Waals surface area contributed by atoms with Crippen LogP contribution >= 0.6 is 0 Å². The average Bonchev–Trinajstić information content (AvgIpc) is 2.57. The van der Waals surface area contributed by atoms with Crippen molar-refractivity contribution in [2.24, 2.45) is 5.92 Å². The molecule has 0 unspecified atom stereocenters. The second kappa shape index (κ2) is 27.5. The minimum absolute atomic E-state index is 0.813. The van der Waals surface area contributed by atoms with Crippen LogP contribution in [-0.4, -0.2) is 32.7 Å². The first-order chi connectivity index (χ1) is 13.2. The smallest absolute Gasteiger partial charge is 0.450 e. The van der Waals surface area contributed by atoms with Gasteiger partial charge in [0.2, 0.25) is 0 Å². The highest BCUT2D eigenvalue weighted by Gasteiger charge is 1.93. The quantitative estimate of drug-likeness (QED) is 0.162. The Morgan fingerprint density at radius 1 is 0.643 bits per heavy atom. The maximum Gasteiger partial charge on any atom is 0.503 e. The van der Waals surface area contributed by atoms with Crippen molar-refractivity contribution in [3.63, 3.8) is 0 Å². The maximum atomic E-state index is 8.56. The van der Waals surface area contributed by atoms with Crippen LogP contribution in [-0.2, 0) is 0 Å². The second-order valence-electron chi connectivity index (χ2n) is 7.34. The lowest BCUT2D eigenvalue weighted by atomic mass is 10.0. The fraction of sp³-hybridized carbons (Fsp3) is 0.818. The molecule has 6 nitrogen and oxygen atoms in total. The molecule has 0 radical (unpaired) electrons.